The molecule has 0 aliphatic rings. The number of benzene rings is 1. The van der Waals surface area contributed by atoms with Crippen molar-refractivity contribution in [3.8, 4) is 23.3 Å². The summed E-state index contributed by atoms with van der Waals surface area (Å²) in [5.74, 6) is 9.26. The first kappa shape index (κ1) is 29.9. The summed E-state index contributed by atoms with van der Waals surface area (Å²) < 4.78 is 23.4. The molecule has 0 saturated heterocycles. The standard InChI is InChI=1S/C29H46O4Si/c1-23(2)16-14-12-11-13-15-17-24(3)20-28(33-34(9,10)29(4,5)6)26-21-25(31-8)18-19-27(26)32-22-30-7/h16,18-21,24H,12,14-15,17,22H2,1-10H3/b28-20+/t24-/m0/s1. The highest BCUT2D eigenvalue weighted by Crippen LogP contribution is 2.42. The molecule has 0 N–H and O–H groups in total. The summed E-state index contributed by atoms with van der Waals surface area (Å²) in [6.45, 7) is 17.9. The van der Waals surface area contributed by atoms with Crippen LogP contribution in [0.2, 0.25) is 18.1 Å². The van der Waals surface area contributed by atoms with Gasteiger partial charge in [0.15, 0.2) is 6.79 Å². The summed E-state index contributed by atoms with van der Waals surface area (Å²) in [6.07, 6.45) is 8.24. The lowest BCUT2D eigenvalue weighted by Gasteiger charge is -2.38. The van der Waals surface area contributed by atoms with Crippen molar-refractivity contribution in [1.82, 2.24) is 0 Å². The molecule has 0 aliphatic heterocycles. The number of hydrogen-bond donors (Lipinski definition) is 0. The van der Waals surface area contributed by atoms with E-state index in [9.17, 15) is 0 Å². The molecule has 0 amide bonds. The molecule has 1 rings (SSSR count). The maximum Gasteiger partial charge on any atom is 0.250 e. The normalized spacial score (nSPS) is 12.9. The molecule has 0 fully saturated rings. The van der Waals surface area contributed by atoms with Crippen molar-refractivity contribution < 1.29 is 18.6 Å². The van der Waals surface area contributed by atoms with Crippen molar-refractivity contribution in [3.63, 3.8) is 0 Å². The molecule has 1 aromatic carbocycles. The highest BCUT2D eigenvalue weighted by Gasteiger charge is 2.40. The van der Waals surface area contributed by atoms with Crippen LogP contribution in [0.25, 0.3) is 5.76 Å². The molecule has 0 heterocycles. The van der Waals surface area contributed by atoms with Crippen LogP contribution in [0.4, 0.5) is 0 Å². The van der Waals surface area contributed by atoms with E-state index in [0.717, 1.165) is 48.5 Å². The fourth-order valence-corrected chi connectivity index (χ4v) is 3.97. The average molecular weight is 487 g/mol. The lowest BCUT2D eigenvalue weighted by atomic mass is 10.0. The summed E-state index contributed by atoms with van der Waals surface area (Å²) in [4.78, 5) is 0. The van der Waals surface area contributed by atoms with Gasteiger partial charge in [-0.2, -0.15) is 0 Å². The first-order valence-electron chi connectivity index (χ1n) is 12.2. The maximum atomic E-state index is 6.84. The van der Waals surface area contributed by atoms with Crippen molar-refractivity contribution in [2.24, 2.45) is 5.92 Å². The number of methoxy groups -OCH3 is 2. The van der Waals surface area contributed by atoms with Gasteiger partial charge in [0.25, 0.3) is 0 Å². The predicted molar refractivity (Wildman–Crippen MR) is 147 cm³/mol. The molecular weight excluding hydrogens is 440 g/mol. The van der Waals surface area contributed by atoms with Gasteiger partial charge >= 0.3 is 0 Å². The largest absolute Gasteiger partial charge is 0.543 e. The summed E-state index contributed by atoms with van der Waals surface area (Å²) in [7, 11) is 1.20. The summed E-state index contributed by atoms with van der Waals surface area (Å²) in [5, 5.41) is 0.0680. The Bertz CT molecular complexity index is 878. The maximum absolute atomic E-state index is 6.84. The van der Waals surface area contributed by atoms with Gasteiger partial charge in [0, 0.05) is 20.0 Å². The van der Waals surface area contributed by atoms with Crippen LogP contribution in [-0.2, 0) is 9.16 Å². The van der Waals surface area contributed by atoms with Crippen LogP contribution in [0.5, 0.6) is 11.5 Å². The quantitative estimate of drug-likeness (QED) is 0.0745. The van der Waals surface area contributed by atoms with E-state index in [1.165, 1.54) is 5.57 Å². The Hall–Kier alpha value is -2.16. The van der Waals surface area contributed by atoms with E-state index in [2.05, 4.69) is 78.6 Å². The number of rotatable bonds is 12. The van der Waals surface area contributed by atoms with Gasteiger partial charge < -0.3 is 18.6 Å². The molecule has 1 atom stereocenters. The Morgan fingerprint density at radius 2 is 1.76 bits per heavy atom. The van der Waals surface area contributed by atoms with Crippen LogP contribution in [0, 0.1) is 17.8 Å². The van der Waals surface area contributed by atoms with Crippen LogP contribution in [-0.4, -0.2) is 29.3 Å². The van der Waals surface area contributed by atoms with Gasteiger partial charge in [0.1, 0.15) is 17.3 Å². The highest BCUT2D eigenvalue weighted by atomic mass is 28.4. The minimum atomic E-state index is -2.09. The van der Waals surface area contributed by atoms with Crippen LogP contribution in [0.1, 0.15) is 72.8 Å². The van der Waals surface area contributed by atoms with E-state index in [1.807, 2.05) is 18.2 Å². The number of hydrogen-bond acceptors (Lipinski definition) is 4. The zero-order chi connectivity index (χ0) is 25.8. The van der Waals surface area contributed by atoms with Crippen LogP contribution < -0.4 is 9.47 Å². The van der Waals surface area contributed by atoms with Gasteiger partial charge in [0.2, 0.25) is 8.32 Å². The fraction of sp³-hybridized carbons (Fsp3) is 0.586. The summed E-state index contributed by atoms with van der Waals surface area (Å²) in [6, 6.07) is 5.80. The number of allylic oxidation sites excluding steroid dienone is 3. The molecule has 0 bridgehead atoms. The Morgan fingerprint density at radius 1 is 1.09 bits per heavy atom. The van der Waals surface area contributed by atoms with Crippen molar-refractivity contribution in [1.29, 1.82) is 0 Å². The molecule has 0 saturated carbocycles. The van der Waals surface area contributed by atoms with Crippen LogP contribution in [0.3, 0.4) is 0 Å². The molecule has 0 aromatic heterocycles. The number of unbranched alkanes of at least 4 members (excludes halogenated alkanes) is 1. The van der Waals surface area contributed by atoms with Gasteiger partial charge in [-0.3, -0.25) is 0 Å². The molecule has 34 heavy (non-hydrogen) atoms. The predicted octanol–water partition coefficient (Wildman–Crippen LogP) is 8.21. The third-order valence-corrected chi connectivity index (χ3v) is 10.4. The Labute approximate surface area is 209 Å². The number of ether oxygens (including phenoxy) is 3. The van der Waals surface area contributed by atoms with Gasteiger partial charge in [-0.05, 0) is 75.0 Å². The van der Waals surface area contributed by atoms with Gasteiger partial charge in [-0.15, -0.1) is 11.8 Å². The molecule has 5 heteroatoms. The van der Waals surface area contributed by atoms with Gasteiger partial charge in [-0.25, -0.2) is 0 Å². The summed E-state index contributed by atoms with van der Waals surface area (Å²) >= 11 is 0. The topological polar surface area (TPSA) is 36.9 Å². The molecule has 4 nitrogen and oxygen atoms in total. The summed E-state index contributed by atoms with van der Waals surface area (Å²) in [5.41, 5.74) is 2.24. The molecule has 0 aliphatic carbocycles. The zero-order valence-corrected chi connectivity index (χ0v) is 24.1. The minimum absolute atomic E-state index is 0.0680. The van der Waals surface area contributed by atoms with Crippen LogP contribution >= 0.6 is 0 Å². The minimum Gasteiger partial charge on any atom is -0.543 e. The highest BCUT2D eigenvalue weighted by molar-refractivity contribution is 6.74. The van der Waals surface area contributed by atoms with Crippen LogP contribution in [0.15, 0.2) is 35.9 Å². The Morgan fingerprint density at radius 3 is 2.35 bits per heavy atom. The van der Waals surface area contributed by atoms with E-state index in [0.29, 0.717) is 5.92 Å². The monoisotopic (exact) mass is 486 g/mol. The molecule has 0 unspecified atom stereocenters. The van der Waals surface area contributed by atoms with E-state index in [4.69, 9.17) is 18.6 Å². The lowest BCUT2D eigenvalue weighted by Crippen LogP contribution is -2.40. The van der Waals surface area contributed by atoms with E-state index in [-0.39, 0.29) is 11.8 Å². The lowest BCUT2D eigenvalue weighted by molar-refractivity contribution is 0.0507. The second-order valence-corrected chi connectivity index (χ2v) is 15.2. The fourth-order valence-electron chi connectivity index (χ4n) is 2.94. The van der Waals surface area contributed by atoms with Crippen molar-refractivity contribution in [2.75, 3.05) is 21.0 Å². The third kappa shape index (κ3) is 10.4. The van der Waals surface area contributed by atoms with Crippen molar-refractivity contribution in [2.45, 2.75) is 85.4 Å². The zero-order valence-electron chi connectivity index (χ0n) is 23.1. The molecule has 190 valence electrons. The first-order chi connectivity index (χ1) is 15.9. The van der Waals surface area contributed by atoms with Crippen molar-refractivity contribution >= 4 is 14.1 Å². The van der Waals surface area contributed by atoms with Crippen molar-refractivity contribution in [3.05, 3.63) is 41.5 Å². The molecular formula is C29H46O4Si. The van der Waals surface area contributed by atoms with E-state index in [1.54, 1.807) is 14.2 Å². The third-order valence-electron chi connectivity index (χ3n) is 6.06. The Kier molecular flexibility index (Phi) is 12.5. The molecule has 0 radical (unpaired) electrons. The van der Waals surface area contributed by atoms with E-state index < -0.39 is 8.32 Å². The second kappa shape index (κ2) is 14.3. The molecule has 1 aromatic rings. The molecule has 0 spiro atoms. The first-order valence-corrected chi connectivity index (χ1v) is 15.1. The second-order valence-electron chi connectivity index (χ2n) is 10.5. The van der Waals surface area contributed by atoms with E-state index >= 15 is 0 Å². The van der Waals surface area contributed by atoms with Gasteiger partial charge in [-0.1, -0.05) is 39.3 Å². The SMILES string of the molecule is COCOc1ccc(OC)cc1/C(=C\[C@@H](C)CCC#CCCC=C(C)C)O[Si](C)(C)C(C)(C)C. The smallest absolute Gasteiger partial charge is 0.250 e. The Balaban J connectivity index is 3.21. The van der Waals surface area contributed by atoms with Gasteiger partial charge in [0.05, 0.1) is 12.7 Å². The average Bonchev–Trinajstić information content (AvgIpc) is 2.75.